The van der Waals surface area contributed by atoms with Gasteiger partial charge in [0.15, 0.2) is 5.11 Å². The number of hydrogen-bond donors (Lipinski definition) is 1. The molecule has 26 heavy (non-hydrogen) atoms. The van der Waals surface area contributed by atoms with E-state index >= 15 is 0 Å². The van der Waals surface area contributed by atoms with Gasteiger partial charge in [-0.1, -0.05) is 29.8 Å². The molecule has 6 heteroatoms. The third-order valence-corrected chi connectivity index (χ3v) is 5.61. The maximum Gasteiger partial charge on any atom is 0.170 e. The molecule has 3 heterocycles. The second-order valence-electron chi connectivity index (χ2n) is 6.35. The third kappa shape index (κ3) is 2.87. The Balaban J connectivity index is 1.73. The summed E-state index contributed by atoms with van der Waals surface area (Å²) >= 11 is 11.7. The van der Waals surface area contributed by atoms with Crippen molar-refractivity contribution in [2.75, 3.05) is 7.05 Å². The van der Waals surface area contributed by atoms with Gasteiger partial charge in [0.25, 0.3) is 0 Å². The highest BCUT2D eigenvalue weighted by Gasteiger charge is 2.39. The van der Waals surface area contributed by atoms with Crippen molar-refractivity contribution < 1.29 is 4.42 Å². The fourth-order valence-electron chi connectivity index (χ4n) is 3.35. The van der Waals surface area contributed by atoms with Gasteiger partial charge in [-0.25, -0.2) is 0 Å². The molecule has 4 rings (SSSR count). The maximum absolute atomic E-state index is 6.26. The van der Waals surface area contributed by atoms with Gasteiger partial charge in [-0.15, -0.1) is 0 Å². The fraction of sp³-hybridized carbons (Fsp3) is 0.200. The van der Waals surface area contributed by atoms with E-state index in [1.165, 1.54) is 0 Å². The summed E-state index contributed by atoms with van der Waals surface area (Å²) < 4.78 is 6.23. The normalized spacial score (nSPS) is 19.7. The summed E-state index contributed by atoms with van der Waals surface area (Å²) in [5.41, 5.74) is 2.93. The average molecular weight is 384 g/mol. The summed E-state index contributed by atoms with van der Waals surface area (Å²) in [6.07, 6.45) is 1.79. The van der Waals surface area contributed by atoms with Crippen LogP contribution in [0.25, 0.3) is 11.3 Å². The zero-order valence-electron chi connectivity index (χ0n) is 14.4. The molecule has 0 aliphatic carbocycles. The van der Waals surface area contributed by atoms with E-state index < -0.39 is 0 Å². The Hall–Kier alpha value is -2.37. The van der Waals surface area contributed by atoms with Crippen molar-refractivity contribution in [1.29, 1.82) is 0 Å². The topological polar surface area (TPSA) is 41.3 Å². The van der Waals surface area contributed by atoms with Crippen molar-refractivity contribution >= 4 is 28.9 Å². The molecule has 1 fully saturated rings. The van der Waals surface area contributed by atoms with Crippen molar-refractivity contribution in [2.45, 2.75) is 19.0 Å². The van der Waals surface area contributed by atoms with E-state index in [4.69, 9.17) is 28.2 Å². The first kappa shape index (κ1) is 17.1. The van der Waals surface area contributed by atoms with E-state index in [1.807, 2.05) is 67.4 Å². The molecule has 1 aromatic carbocycles. The molecular weight excluding hydrogens is 366 g/mol. The SMILES string of the molecule is Cc1c(Cl)cccc1-c1ccc([C@@H]2[C@@H](c3ccccn3)NC(=S)N2C)o1. The molecule has 132 valence electrons. The molecule has 2 aromatic heterocycles. The van der Waals surface area contributed by atoms with E-state index in [0.29, 0.717) is 5.11 Å². The van der Waals surface area contributed by atoms with Gasteiger partial charge in [0.1, 0.15) is 17.6 Å². The number of aromatic nitrogens is 1. The molecule has 4 nitrogen and oxygen atoms in total. The van der Waals surface area contributed by atoms with Crippen LogP contribution in [0.5, 0.6) is 0 Å². The van der Waals surface area contributed by atoms with E-state index in [-0.39, 0.29) is 12.1 Å². The van der Waals surface area contributed by atoms with Gasteiger partial charge in [0.2, 0.25) is 0 Å². The summed E-state index contributed by atoms with van der Waals surface area (Å²) in [4.78, 5) is 6.50. The molecule has 0 spiro atoms. The Morgan fingerprint density at radius 2 is 2.00 bits per heavy atom. The summed E-state index contributed by atoms with van der Waals surface area (Å²) in [7, 11) is 1.97. The Labute approximate surface area is 162 Å². The Morgan fingerprint density at radius 3 is 2.77 bits per heavy atom. The van der Waals surface area contributed by atoms with E-state index in [0.717, 1.165) is 33.4 Å². The van der Waals surface area contributed by atoms with Crippen molar-refractivity contribution in [2.24, 2.45) is 0 Å². The van der Waals surface area contributed by atoms with Gasteiger partial charge in [-0.2, -0.15) is 0 Å². The number of thiocarbonyl (C=S) groups is 1. The fourth-order valence-corrected chi connectivity index (χ4v) is 3.76. The average Bonchev–Trinajstić information content (AvgIpc) is 3.23. The van der Waals surface area contributed by atoms with Crippen LogP contribution in [0.15, 0.2) is 59.1 Å². The Kier molecular flexibility index (Phi) is 4.42. The smallest absolute Gasteiger partial charge is 0.170 e. The molecule has 0 amide bonds. The molecule has 3 aromatic rings. The van der Waals surface area contributed by atoms with Gasteiger partial charge in [-0.3, -0.25) is 4.98 Å². The minimum Gasteiger partial charge on any atom is -0.459 e. The molecule has 1 N–H and O–H groups in total. The number of benzene rings is 1. The van der Waals surface area contributed by atoms with Crippen LogP contribution in [0.3, 0.4) is 0 Å². The predicted octanol–water partition coefficient (Wildman–Crippen LogP) is 4.91. The number of halogens is 1. The van der Waals surface area contributed by atoms with Crippen molar-refractivity contribution in [3.8, 4) is 11.3 Å². The van der Waals surface area contributed by atoms with Gasteiger partial charge in [0, 0.05) is 23.8 Å². The Morgan fingerprint density at radius 1 is 1.15 bits per heavy atom. The molecule has 2 atom stereocenters. The molecule has 0 saturated carbocycles. The number of hydrogen-bond acceptors (Lipinski definition) is 3. The molecule has 0 unspecified atom stereocenters. The van der Waals surface area contributed by atoms with Crippen molar-refractivity contribution in [1.82, 2.24) is 15.2 Å². The Bertz CT molecular complexity index is 957. The maximum atomic E-state index is 6.26. The van der Waals surface area contributed by atoms with Gasteiger partial charge in [-0.05, 0) is 55.0 Å². The lowest BCUT2D eigenvalue weighted by molar-refractivity contribution is 0.310. The van der Waals surface area contributed by atoms with E-state index in [9.17, 15) is 0 Å². The van der Waals surface area contributed by atoms with Gasteiger partial charge < -0.3 is 14.6 Å². The minimum absolute atomic E-state index is 0.0619. The molecule has 1 aliphatic heterocycles. The lowest BCUT2D eigenvalue weighted by Crippen LogP contribution is -2.24. The summed E-state index contributed by atoms with van der Waals surface area (Å²) in [5, 5.41) is 4.76. The first-order valence-electron chi connectivity index (χ1n) is 8.35. The van der Waals surface area contributed by atoms with Crippen LogP contribution in [0.4, 0.5) is 0 Å². The van der Waals surface area contributed by atoms with Crippen LogP contribution in [0, 0.1) is 6.92 Å². The first-order valence-corrected chi connectivity index (χ1v) is 9.14. The van der Waals surface area contributed by atoms with Crippen LogP contribution in [-0.4, -0.2) is 22.0 Å². The highest BCUT2D eigenvalue weighted by Crippen LogP contribution is 2.40. The number of rotatable bonds is 3. The minimum atomic E-state index is -0.0642. The number of pyridine rings is 1. The quantitative estimate of drug-likeness (QED) is 0.651. The number of nitrogens with one attached hydrogen (secondary N) is 1. The molecular formula is C20H18ClN3OS. The molecule has 0 bridgehead atoms. The van der Waals surface area contributed by atoms with Gasteiger partial charge in [0.05, 0.1) is 11.7 Å². The zero-order valence-corrected chi connectivity index (χ0v) is 16.0. The first-order chi connectivity index (χ1) is 12.6. The number of likely N-dealkylation sites (N-methyl/N-ethyl adjacent to an activating group) is 1. The second-order valence-corrected chi connectivity index (χ2v) is 7.15. The van der Waals surface area contributed by atoms with E-state index in [1.54, 1.807) is 6.20 Å². The second kappa shape index (κ2) is 6.74. The highest BCUT2D eigenvalue weighted by atomic mass is 35.5. The molecule has 1 saturated heterocycles. The lowest BCUT2D eigenvalue weighted by Gasteiger charge is -2.21. The van der Waals surface area contributed by atoms with Crippen LogP contribution in [0.2, 0.25) is 5.02 Å². The summed E-state index contributed by atoms with van der Waals surface area (Å²) in [6.45, 7) is 1.99. The predicted molar refractivity (Wildman–Crippen MR) is 107 cm³/mol. The highest BCUT2D eigenvalue weighted by molar-refractivity contribution is 7.80. The van der Waals surface area contributed by atoms with Crippen LogP contribution < -0.4 is 5.32 Å². The van der Waals surface area contributed by atoms with Crippen LogP contribution in [0.1, 0.15) is 29.1 Å². The third-order valence-electron chi connectivity index (χ3n) is 4.79. The lowest BCUT2D eigenvalue weighted by atomic mass is 10.0. The van der Waals surface area contributed by atoms with Crippen molar-refractivity contribution in [3.05, 3.63) is 76.8 Å². The molecule has 1 aliphatic rings. The zero-order chi connectivity index (χ0) is 18.3. The standard InChI is InChI=1S/C20H18ClN3OS/c1-12-13(6-5-7-14(12)21)16-9-10-17(25-16)19-18(23-20(26)24(19)2)15-8-3-4-11-22-15/h3-11,18-19H,1-2H3,(H,23,26)/t18-,19-/m1/s1. The number of nitrogens with zero attached hydrogens (tertiary/aromatic N) is 2. The summed E-state index contributed by atoms with van der Waals surface area (Å²) in [6, 6.07) is 15.6. The molecule has 0 radical (unpaired) electrons. The summed E-state index contributed by atoms with van der Waals surface area (Å²) in [5.74, 6) is 1.64. The van der Waals surface area contributed by atoms with Gasteiger partial charge >= 0.3 is 0 Å². The van der Waals surface area contributed by atoms with Crippen LogP contribution in [-0.2, 0) is 0 Å². The number of furan rings is 1. The van der Waals surface area contributed by atoms with Crippen LogP contribution >= 0.6 is 23.8 Å². The largest absolute Gasteiger partial charge is 0.459 e. The monoisotopic (exact) mass is 383 g/mol. The van der Waals surface area contributed by atoms with Crippen molar-refractivity contribution in [3.63, 3.8) is 0 Å². The van der Waals surface area contributed by atoms with E-state index in [2.05, 4.69) is 10.3 Å².